The van der Waals surface area contributed by atoms with Gasteiger partial charge in [-0.2, -0.15) is 0 Å². The molecule has 0 saturated carbocycles. The Labute approximate surface area is 131 Å². The maximum Gasteiger partial charge on any atom is 0.134 e. The van der Waals surface area contributed by atoms with Gasteiger partial charge in [-0.3, -0.25) is 0 Å². The number of hydrogen-bond donors (Lipinski definition) is 1. The van der Waals surface area contributed by atoms with E-state index in [1.807, 2.05) is 29.6 Å². The first-order valence-corrected chi connectivity index (χ1v) is 7.63. The lowest BCUT2D eigenvalue weighted by Gasteiger charge is -2.01. The van der Waals surface area contributed by atoms with Crippen molar-refractivity contribution < 1.29 is 4.39 Å². The van der Waals surface area contributed by atoms with E-state index >= 15 is 0 Å². The van der Waals surface area contributed by atoms with Crippen LogP contribution in [0.2, 0.25) is 5.02 Å². The molecule has 106 valence electrons. The molecule has 0 atom stereocenters. The number of thiazole rings is 1. The fourth-order valence-electron chi connectivity index (χ4n) is 2.05. The Morgan fingerprint density at radius 3 is 2.81 bits per heavy atom. The van der Waals surface area contributed by atoms with Crippen molar-refractivity contribution >= 4 is 22.9 Å². The molecular weight excluding hydrogens is 307 g/mol. The number of aromatic nitrogens is 1. The topological polar surface area (TPSA) is 38.9 Å². The minimum absolute atomic E-state index is 0.362. The van der Waals surface area contributed by atoms with E-state index in [0.717, 1.165) is 16.8 Å². The number of nitrogens with zero attached hydrogens (tertiary/aromatic N) is 1. The monoisotopic (exact) mass is 318 g/mol. The largest absolute Gasteiger partial charge is 0.326 e. The van der Waals surface area contributed by atoms with E-state index in [1.165, 1.54) is 17.4 Å². The van der Waals surface area contributed by atoms with E-state index in [0.29, 0.717) is 22.1 Å². The van der Waals surface area contributed by atoms with Crippen LogP contribution in [0.4, 0.5) is 4.39 Å². The standard InChI is InChI=1S/C16H12ClFN2S/c17-12-4-5-13(14(18)7-12)16-20-15(9-21-16)11-3-1-2-10(6-11)8-19/h1-7,9H,8,19H2. The van der Waals surface area contributed by atoms with Crippen molar-refractivity contribution in [3.63, 3.8) is 0 Å². The number of halogens is 2. The zero-order valence-electron chi connectivity index (χ0n) is 11.0. The molecule has 3 aromatic rings. The van der Waals surface area contributed by atoms with Crippen molar-refractivity contribution in [2.75, 3.05) is 0 Å². The minimum Gasteiger partial charge on any atom is -0.326 e. The molecule has 3 rings (SSSR count). The summed E-state index contributed by atoms with van der Waals surface area (Å²) >= 11 is 7.18. The van der Waals surface area contributed by atoms with Crippen LogP contribution in [-0.2, 0) is 6.54 Å². The summed E-state index contributed by atoms with van der Waals surface area (Å²) in [7, 11) is 0. The lowest BCUT2D eigenvalue weighted by Crippen LogP contribution is -1.95. The van der Waals surface area contributed by atoms with Gasteiger partial charge in [0.05, 0.1) is 5.69 Å². The highest BCUT2D eigenvalue weighted by atomic mass is 35.5. The first-order valence-electron chi connectivity index (χ1n) is 6.37. The molecule has 0 unspecified atom stereocenters. The smallest absolute Gasteiger partial charge is 0.134 e. The molecule has 0 amide bonds. The minimum atomic E-state index is -0.362. The molecule has 0 aliphatic carbocycles. The van der Waals surface area contributed by atoms with E-state index in [9.17, 15) is 4.39 Å². The molecule has 1 aromatic heterocycles. The van der Waals surface area contributed by atoms with Crippen molar-refractivity contribution in [3.8, 4) is 21.8 Å². The van der Waals surface area contributed by atoms with Crippen molar-refractivity contribution in [3.05, 3.63) is 64.2 Å². The van der Waals surface area contributed by atoms with Gasteiger partial charge < -0.3 is 5.73 Å². The predicted molar refractivity (Wildman–Crippen MR) is 85.8 cm³/mol. The Morgan fingerprint density at radius 1 is 1.19 bits per heavy atom. The van der Waals surface area contributed by atoms with Crippen LogP contribution in [0.1, 0.15) is 5.56 Å². The van der Waals surface area contributed by atoms with Crippen molar-refractivity contribution in [2.24, 2.45) is 5.73 Å². The molecular formula is C16H12ClFN2S. The second-order valence-electron chi connectivity index (χ2n) is 4.57. The molecule has 0 saturated heterocycles. The summed E-state index contributed by atoms with van der Waals surface area (Å²) in [5.41, 5.74) is 8.95. The highest BCUT2D eigenvalue weighted by molar-refractivity contribution is 7.13. The van der Waals surface area contributed by atoms with Gasteiger partial charge in [-0.15, -0.1) is 11.3 Å². The lowest BCUT2D eigenvalue weighted by atomic mass is 10.1. The number of benzene rings is 2. The lowest BCUT2D eigenvalue weighted by molar-refractivity contribution is 0.631. The van der Waals surface area contributed by atoms with E-state index in [-0.39, 0.29) is 5.82 Å². The molecule has 0 radical (unpaired) electrons. The molecule has 0 spiro atoms. The third-order valence-corrected chi connectivity index (χ3v) is 4.23. The fourth-order valence-corrected chi connectivity index (χ4v) is 3.06. The van der Waals surface area contributed by atoms with Crippen molar-refractivity contribution in [2.45, 2.75) is 6.54 Å². The Balaban J connectivity index is 1.99. The summed E-state index contributed by atoms with van der Waals surface area (Å²) in [6.07, 6.45) is 0. The van der Waals surface area contributed by atoms with E-state index in [2.05, 4.69) is 4.98 Å². The van der Waals surface area contributed by atoms with Crippen LogP contribution in [0.3, 0.4) is 0 Å². The van der Waals surface area contributed by atoms with Crippen LogP contribution >= 0.6 is 22.9 Å². The average Bonchev–Trinajstić information content (AvgIpc) is 2.97. The van der Waals surface area contributed by atoms with Gasteiger partial charge in [0, 0.05) is 28.1 Å². The van der Waals surface area contributed by atoms with Gasteiger partial charge in [0.15, 0.2) is 0 Å². The quantitative estimate of drug-likeness (QED) is 0.758. The summed E-state index contributed by atoms with van der Waals surface area (Å²) in [5.74, 6) is -0.362. The Hall–Kier alpha value is -1.75. The molecule has 1 heterocycles. The first-order chi connectivity index (χ1) is 10.2. The van der Waals surface area contributed by atoms with Gasteiger partial charge in [-0.25, -0.2) is 9.37 Å². The maximum atomic E-state index is 13.9. The number of hydrogen-bond acceptors (Lipinski definition) is 3. The SMILES string of the molecule is NCc1cccc(-c2csc(-c3ccc(Cl)cc3F)n2)c1. The van der Waals surface area contributed by atoms with E-state index in [1.54, 1.807) is 12.1 Å². The van der Waals surface area contributed by atoms with Gasteiger partial charge in [-0.05, 0) is 29.8 Å². The number of nitrogens with two attached hydrogens (primary N) is 1. The van der Waals surface area contributed by atoms with Crippen LogP contribution in [0.15, 0.2) is 47.8 Å². The van der Waals surface area contributed by atoms with Gasteiger partial charge >= 0.3 is 0 Å². The van der Waals surface area contributed by atoms with E-state index < -0.39 is 0 Å². The molecule has 0 bridgehead atoms. The fraction of sp³-hybridized carbons (Fsp3) is 0.0625. The van der Waals surface area contributed by atoms with Crippen molar-refractivity contribution in [1.82, 2.24) is 4.98 Å². The average molecular weight is 319 g/mol. The molecule has 0 fully saturated rings. The van der Waals surface area contributed by atoms with Gasteiger partial charge in [0.2, 0.25) is 0 Å². The van der Waals surface area contributed by atoms with Gasteiger partial charge in [0.25, 0.3) is 0 Å². The Bertz CT molecular complexity index is 785. The van der Waals surface area contributed by atoms with Crippen LogP contribution in [0.5, 0.6) is 0 Å². The summed E-state index contributed by atoms with van der Waals surface area (Å²) in [6, 6.07) is 12.5. The molecule has 2 aromatic carbocycles. The molecule has 2 N–H and O–H groups in total. The molecule has 0 aliphatic heterocycles. The number of rotatable bonds is 3. The zero-order valence-corrected chi connectivity index (χ0v) is 12.6. The highest BCUT2D eigenvalue weighted by Crippen LogP contribution is 2.31. The maximum absolute atomic E-state index is 13.9. The summed E-state index contributed by atoms with van der Waals surface area (Å²) in [4.78, 5) is 4.51. The highest BCUT2D eigenvalue weighted by Gasteiger charge is 2.11. The molecule has 2 nitrogen and oxygen atoms in total. The Kier molecular flexibility index (Phi) is 4.01. The van der Waals surface area contributed by atoms with Crippen LogP contribution in [0.25, 0.3) is 21.8 Å². The first kappa shape index (κ1) is 14.2. The summed E-state index contributed by atoms with van der Waals surface area (Å²) in [6.45, 7) is 0.483. The second-order valence-corrected chi connectivity index (χ2v) is 5.86. The van der Waals surface area contributed by atoms with Crippen LogP contribution < -0.4 is 5.73 Å². The summed E-state index contributed by atoms with van der Waals surface area (Å²) < 4.78 is 13.9. The molecule has 0 aliphatic rings. The van der Waals surface area contributed by atoms with Crippen LogP contribution in [0, 0.1) is 5.82 Å². The Morgan fingerprint density at radius 2 is 2.05 bits per heavy atom. The molecule has 5 heteroatoms. The predicted octanol–water partition coefficient (Wildman–Crippen LogP) is 4.73. The second kappa shape index (κ2) is 5.93. The third kappa shape index (κ3) is 2.97. The van der Waals surface area contributed by atoms with Crippen molar-refractivity contribution in [1.29, 1.82) is 0 Å². The summed E-state index contributed by atoms with van der Waals surface area (Å²) in [5, 5.41) is 2.93. The van der Waals surface area contributed by atoms with Gasteiger partial charge in [-0.1, -0.05) is 29.8 Å². The normalized spacial score (nSPS) is 10.8. The third-order valence-electron chi connectivity index (χ3n) is 3.12. The van der Waals surface area contributed by atoms with E-state index in [4.69, 9.17) is 17.3 Å². The molecule has 21 heavy (non-hydrogen) atoms. The van der Waals surface area contributed by atoms with Crippen LogP contribution in [-0.4, -0.2) is 4.98 Å². The van der Waals surface area contributed by atoms with Gasteiger partial charge in [0.1, 0.15) is 10.8 Å². The zero-order chi connectivity index (χ0) is 14.8.